The van der Waals surface area contributed by atoms with Gasteiger partial charge in [-0.1, -0.05) is 6.92 Å². The molecule has 1 aromatic carbocycles. The maximum Gasteiger partial charge on any atom is 0.251 e. The SMILES string of the molecule is CCC(Cl)CCNC(=O)c1ccc(S(C)(=O)=O)cc1. The van der Waals surface area contributed by atoms with E-state index in [0.717, 1.165) is 12.7 Å². The lowest BCUT2D eigenvalue weighted by molar-refractivity contribution is 0.0953. The van der Waals surface area contributed by atoms with Crippen LogP contribution in [0.4, 0.5) is 0 Å². The van der Waals surface area contributed by atoms with E-state index in [2.05, 4.69) is 5.32 Å². The van der Waals surface area contributed by atoms with E-state index in [4.69, 9.17) is 11.6 Å². The second kappa shape index (κ2) is 6.91. The average molecular weight is 304 g/mol. The fourth-order valence-electron chi connectivity index (χ4n) is 1.50. The van der Waals surface area contributed by atoms with E-state index >= 15 is 0 Å². The van der Waals surface area contributed by atoms with Crippen molar-refractivity contribution in [1.29, 1.82) is 0 Å². The van der Waals surface area contributed by atoms with Crippen LogP contribution >= 0.6 is 11.6 Å². The van der Waals surface area contributed by atoms with Gasteiger partial charge < -0.3 is 5.32 Å². The summed E-state index contributed by atoms with van der Waals surface area (Å²) in [7, 11) is -3.23. The summed E-state index contributed by atoms with van der Waals surface area (Å²) < 4.78 is 22.6. The Labute approximate surface area is 119 Å². The molecule has 0 bridgehead atoms. The fraction of sp³-hybridized carbons (Fsp3) is 0.462. The molecule has 0 aliphatic carbocycles. The number of carbonyl (C=O) groups is 1. The van der Waals surface area contributed by atoms with Crippen molar-refractivity contribution < 1.29 is 13.2 Å². The Balaban J connectivity index is 2.59. The van der Waals surface area contributed by atoms with Crippen LogP contribution in [-0.2, 0) is 9.84 Å². The van der Waals surface area contributed by atoms with Crippen molar-refractivity contribution in [2.45, 2.75) is 30.0 Å². The van der Waals surface area contributed by atoms with E-state index in [-0.39, 0.29) is 16.2 Å². The van der Waals surface area contributed by atoms with E-state index in [0.29, 0.717) is 18.5 Å². The molecule has 0 aliphatic rings. The van der Waals surface area contributed by atoms with E-state index in [1.807, 2.05) is 6.92 Å². The summed E-state index contributed by atoms with van der Waals surface area (Å²) in [5.74, 6) is -0.222. The third kappa shape index (κ3) is 5.20. The largest absolute Gasteiger partial charge is 0.352 e. The van der Waals surface area contributed by atoms with Crippen LogP contribution in [-0.4, -0.2) is 32.5 Å². The third-order valence-electron chi connectivity index (χ3n) is 2.73. The van der Waals surface area contributed by atoms with Gasteiger partial charge in [-0.3, -0.25) is 4.79 Å². The molecular weight excluding hydrogens is 286 g/mol. The van der Waals surface area contributed by atoms with Gasteiger partial charge in [0, 0.05) is 23.7 Å². The summed E-state index contributed by atoms with van der Waals surface area (Å²) in [6.07, 6.45) is 2.71. The number of sulfone groups is 1. The minimum absolute atomic E-state index is 0.0629. The van der Waals surface area contributed by atoms with Crippen molar-refractivity contribution in [2.75, 3.05) is 12.8 Å². The highest BCUT2D eigenvalue weighted by molar-refractivity contribution is 7.90. The lowest BCUT2D eigenvalue weighted by atomic mass is 10.2. The normalized spacial score (nSPS) is 13.0. The fourth-order valence-corrected chi connectivity index (χ4v) is 2.24. The molecule has 0 radical (unpaired) electrons. The van der Waals surface area contributed by atoms with Crippen molar-refractivity contribution in [1.82, 2.24) is 5.32 Å². The van der Waals surface area contributed by atoms with Crippen LogP contribution in [0.25, 0.3) is 0 Å². The van der Waals surface area contributed by atoms with Crippen LogP contribution in [0.2, 0.25) is 0 Å². The molecule has 0 aromatic heterocycles. The van der Waals surface area contributed by atoms with Gasteiger partial charge in [-0.05, 0) is 37.1 Å². The molecule has 1 atom stereocenters. The maximum atomic E-state index is 11.8. The van der Waals surface area contributed by atoms with Gasteiger partial charge in [0.25, 0.3) is 5.91 Å². The smallest absolute Gasteiger partial charge is 0.251 e. The van der Waals surface area contributed by atoms with Gasteiger partial charge in [-0.2, -0.15) is 0 Å². The zero-order chi connectivity index (χ0) is 14.5. The van der Waals surface area contributed by atoms with Crippen LogP contribution in [0.15, 0.2) is 29.2 Å². The third-order valence-corrected chi connectivity index (χ3v) is 4.39. The zero-order valence-electron chi connectivity index (χ0n) is 11.0. The monoisotopic (exact) mass is 303 g/mol. The number of nitrogens with one attached hydrogen (secondary N) is 1. The summed E-state index contributed by atoms with van der Waals surface area (Å²) in [5, 5.41) is 2.81. The molecule has 1 N–H and O–H groups in total. The maximum absolute atomic E-state index is 11.8. The quantitative estimate of drug-likeness (QED) is 0.820. The number of hydrogen-bond donors (Lipinski definition) is 1. The predicted octanol–water partition coefficient (Wildman–Crippen LogP) is 2.23. The van der Waals surface area contributed by atoms with Crippen LogP contribution in [0.3, 0.4) is 0 Å². The van der Waals surface area contributed by atoms with Gasteiger partial charge in [0.05, 0.1) is 4.90 Å². The molecule has 6 heteroatoms. The number of carbonyl (C=O) groups excluding carboxylic acids is 1. The van der Waals surface area contributed by atoms with Crippen LogP contribution in [0, 0.1) is 0 Å². The summed E-state index contributed by atoms with van der Waals surface area (Å²) in [6.45, 7) is 2.50. The molecular formula is C13H18ClNO3S. The molecule has 0 saturated carbocycles. The van der Waals surface area contributed by atoms with E-state index in [9.17, 15) is 13.2 Å². The number of benzene rings is 1. The van der Waals surface area contributed by atoms with Gasteiger partial charge in [0.2, 0.25) is 0 Å². The highest BCUT2D eigenvalue weighted by Crippen LogP contribution is 2.10. The van der Waals surface area contributed by atoms with E-state index < -0.39 is 9.84 Å². The molecule has 0 saturated heterocycles. The van der Waals surface area contributed by atoms with Crippen molar-refractivity contribution >= 4 is 27.3 Å². The molecule has 0 spiro atoms. The first kappa shape index (κ1) is 16.0. The Morgan fingerprint density at radius 3 is 2.37 bits per heavy atom. The first-order chi connectivity index (χ1) is 8.84. The molecule has 106 valence electrons. The molecule has 4 nitrogen and oxygen atoms in total. The molecule has 0 aliphatic heterocycles. The number of rotatable bonds is 6. The molecule has 1 rings (SSSR count). The van der Waals surface area contributed by atoms with Gasteiger partial charge >= 0.3 is 0 Å². The Hall–Kier alpha value is -1.07. The van der Waals surface area contributed by atoms with E-state index in [1.54, 1.807) is 0 Å². The first-order valence-electron chi connectivity index (χ1n) is 6.07. The first-order valence-corrected chi connectivity index (χ1v) is 8.39. The standard InChI is InChI=1S/C13H18ClNO3S/c1-3-11(14)8-9-15-13(16)10-4-6-12(7-5-10)19(2,17)18/h4-7,11H,3,8-9H2,1-2H3,(H,15,16). The van der Waals surface area contributed by atoms with Crippen molar-refractivity contribution in [3.8, 4) is 0 Å². The summed E-state index contributed by atoms with van der Waals surface area (Å²) in [4.78, 5) is 12.0. The Kier molecular flexibility index (Phi) is 5.82. The van der Waals surface area contributed by atoms with Gasteiger partial charge in [-0.25, -0.2) is 8.42 Å². The highest BCUT2D eigenvalue weighted by Gasteiger charge is 2.10. The number of hydrogen-bond acceptors (Lipinski definition) is 3. The average Bonchev–Trinajstić information content (AvgIpc) is 2.37. The lowest BCUT2D eigenvalue weighted by Gasteiger charge is -2.08. The minimum atomic E-state index is -3.23. The van der Waals surface area contributed by atoms with Crippen molar-refractivity contribution in [3.63, 3.8) is 0 Å². The molecule has 19 heavy (non-hydrogen) atoms. The van der Waals surface area contributed by atoms with Crippen LogP contribution in [0.1, 0.15) is 30.1 Å². The summed E-state index contributed by atoms with van der Waals surface area (Å²) >= 11 is 5.95. The van der Waals surface area contributed by atoms with Gasteiger partial charge in [-0.15, -0.1) is 11.6 Å². The van der Waals surface area contributed by atoms with Gasteiger partial charge in [0.15, 0.2) is 9.84 Å². The van der Waals surface area contributed by atoms with Crippen molar-refractivity contribution in [3.05, 3.63) is 29.8 Å². The second-order valence-corrected chi connectivity index (χ2v) is 6.98. The number of amides is 1. The Morgan fingerprint density at radius 2 is 1.89 bits per heavy atom. The van der Waals surface area contributed by atoms with Crippen LogP contribution < -0.4 is 5.32 Å². The van der Waals surface area contributed by atoms with Crippen LogP contribution in [0.5, 0.6) is 0 Å². The predicted molar refractivity (Wildman–Crippen MR) is 76.4 cm³/mol. The van der Waals surface area contributed by atoms with E-state index in [1.165, 1.54) is 24.3 Å². The Bertz CT molecular complexity index is 525. The minimum Gasteiger partial charge on any atom is -0.352 e. The summed E-state index contributed by atoms with van der Waals surface area (Å²) in [6, 6.07) is 5.87. The highest BCUT2D eigenvalue weighted by atomic mass is 35.5. The number of alkyl halides is 1. The molecule has 0 heterocycles. The molecule has 1 amide bonds. The molecule has 0 fully saturated rings. The zero-order valence-corrected chi connectivity index (χ0v) is 12.6. The van der Waals surface area contributed by atoms with Crippen molar-refractivity contribution in [2.24, 2.45) is 0 Å². The summed E-state index contributed by atoms with van der Waals surface area (Å²) in [5.41, 5.74) is 0.440. The Morgan fingerprint density at radius 1 is 1.32 bits per heavy atom. The second-order valence-electron chi connectivity index (χ2n) is 4.35. The van der Waals surface area contributed by atoms with Gasteiger partial charge in [0.1, 0.15) is 0 Å². The lowest BCUT2D eigenvalue weighted by Crippen LogP contribution is -2.26. The molecule has 1 unspecified atom stereocenters. The number of halogens is 1. The topological polar surface area (TPSA) is 63.2 Å². The molecule has 1 aromatic rings.